The molecule has 1 amide bonds. The van der Waals surface area contributed by atoms with E-state index in [2.05, 4.69) is 22.2 Å². The predicted octanol–water partition coefficient (Wildman–Crippen LogP) is 4.24. The SMILES string of the molecule is C[C@H]1CCc2sc(C(=O)N/N=C\c3ccccc3OC(F)F)cc2C1. The maximum atomic E-state index is 12.4. The molecule has 1 aromatic heterocycles. The smallest absolute Gasteiger partial charge is 0.387 e. The Kier molecular flexibility index (Phi) is 5.43. The molecule has 0 saturated carbocycles. The van der Waals surface area contributed by atoms with Gasteiger partial charge in [0.25, 0.3) is 5.91 Å². The fourth-order valence-electron chi connectivity index (χ4n) is 2.82. The molecule has 1 aliphatic rings. The Labute approximate surface area is 148 Å². The van der Waals surface area contributed by atoms with Gasteiger partial charge in [0.15, 0.2) is 0 Å². The molecule has 7 heteroatoms. The molecule has 1 aliphatic carbocycles. The lowest BCUT2D eigenvalue weighted by Crippen LogP contribution is -2.16. The lowest BCUT2D eigenvalue weighted by molar-refractivity contribution is -0.0499. The van der Waals surface area contributed by atoms with E-state index >= 15 is 0 Å². The summed E-state index contributed by atoms with van der Waals surface area (Å²) in [5.74, 6) is 0.356. The van der Waals surface area contributed by atoms with E-state index in [4.69, 9.17) is 0 Å². The van der Waals surface area contributed by atoms with Crippen LogP contribution in [-0.2, 0) is 12.8 Å². The summed E-state index contributed by atoms with van der Waals surface area (Å²) in [5.41, 5.74) is 4.05. The Hall–Kier alpha value is -2.28. The van der Waals surface area contributed by atoms with E-state index in [1.54, 1.807) is 18.2 Å². The quantitative estimate of drug-likeness (QED) is 0.637. The van der Waals surface area contributed by atoms with Gasteiger partial charge < -0.3 is 4.74 Å². The van der Waals surface area contributed by atoms with Gasteiger partial charge in [-0.25, -0.2) is 5.43 Å². The van der Waals surface area contributed by atoms with E-state index in [-0.39, 0.29) is 11.7 Å². The maximum absolute atomic E-state index is 12.4. The molecule has 0 aliphatic heterocycles. The van der Waals surface area contributed by atoms with Crippen LogP contribution in [0, 0.1) is 5.92 Å². The molecule has 1 aromatic carbocycles. The second-order valence-corrected chi connectivity index (χ2v) is 7.16. The number of alkyl halides is 2. The number of hydrazone groups is 1. The zero-order chi connectivity index (χ0) is 17.8. The third-order valence-corrected chi connectivity index (χ3v) is 5.29. The van der Waals surface area contributed by atoms with Gasteiger partial charge in [-0.15, -0.1) is 11.3 Å². The zero-order valence-corrected chi connectivity index (χ0v) is 14.5. The zero-order valence-electron chi connectivity index (χ0n) is 13.7. The summed E-state index contributed by atoms with van der Waals surface area (Å²) in [6.07, 6.45) is 4.45. The fraction of sp³-hybridized carbons (Fsp3) is 0.333. The van der Waals surface area contributed by atoms with Crippen molar-refractivity contribution in [3.05, 3.63) is 51.2 Å². The van der Waals surface area contributed by atoms with Crippen LogP contribution in [0.4, 0.5) is 8.78 Å². The van der Waals surface area contributed by atoms with Crippen molar-refractivity contribution in [3.8, 4) is 5.75 Å². The molecule has 0 saturated heterocycles. The van der Waals surface area contributed by atoms with Crippen LogP contribution in [0.1, 0.15) is 39.0 Å². The van der Waals surface area contributed by atoms with Gasteiger partial charge in [-0.3, -0.25) is 4.79 Å². The molecule has 1 heterocycles. The number of hydrogen-bond donors (Lipinski definition) is 1. The van der Waals surface area contributed by atoms with Crippen molar-refractivity contribution < 1.29 is 18.3 Å². The first kappa shape index (κ1) is 17.5. The molecular weight excluding hydrogens is 346 g/mol. The first-order chi connectivity index (χ1) is 12.0. The Morgan fingerprint density at radius 1 is 1.44 bits per heavy atom. The molecule has 4 nitrogen and oxygen atoms in total. The van der Waals surface area contributed by atoms with Crippen LogP contribution < -0.4 is 10.2 Å². The van der Waals surface area contributed by atoms with Crippen LogP contribution in [0.3, 0.4) is 0 Å². The van der Waals surface area contributed by atoms with Gasteiger partial charge in [0.1, 0.15) is 5.75 Å². The average molecular weight is 364 g/mol. The third kappa shape index (κ3) is 4.42. The Bertz CT molecular complexity index is 789. The van der Waals surface area contributed by atoms with Crippen LogP contribution >= 0.6 is 11.3 Å². The summed E-state index contributed by atoms with van der Waals surface area (Å²) in [6, 6.07) is 8.19. The Morgan fingerprint density at radius 2 is 2.24 bits per heavy atom. The van der Waals surface area contributed by atoms with Crippen LogP contribution in [0.5, 0.6) is 5.75 Å². The van der Waals surface area contributed by atoms with Crippen molar-refractivity contribution in [2.24, 2.45) is 11.0 Å². The fourth-order valence-corrected chi connectivity index (χ4v) is 3.92. The molecule has 0 radical (unpaired) electrons. The molecule has 2 aromatic rings. The van der Waals surface area contributed by atoms with Gasteiger partial charge in [0, 0.05) is 10.4 Å². The molecule has 0 spiro atoms. The summed E-state index contributed by atoms with van der Waals surface area (Å²) < 4.78 is 29.2. The number of aryl methyl sites for hydroxylation is 1. The van der Waals surface area contributed by atoms with E-state index in [0.717, 1.165) is 19.3 Å². The minimum absolute atomic E-state index is 0.0103. The van der Waals surface area contributed by atoms with E-state index in [9.17, 15) is 13.6 Å². The molecule has 25 heavy (non-hydrogen) atoms. The summed E-state index contributed by atoms with van der Waals surface area (Å²) in [7, 11) is 0. The maximum Gasteiger partial charge on any atom is 0.387 e. The lowest BCUT2D eigenvalue weighted by Gasteiger charge is -2.16. The van der Waals surface area contributed by atoms with Crippen molar-refractivity contribution in [2.45, 2.75) is 32.8 Å². The summed E-state index contributed by atoms with van der Waals surface area (Å²) in [5, 5.41) is 3.86. The van der Waals surface area contributed by atoms with Crippen LogP contribution in [0.15, 0.2) is 35.4 Å². The standard InChI is InChI=1S/C18H18F2N2O2S/c1-11-6-7-15-13(8-11)9-16(25-15)17(23)22-21-10-12-4-2-3-5-14(12)24-18(19)20/h2-5,9-11,18H,6-8H2,1H3,(H,22,23)/b21-10-/t11-/m0/s1. The van der Waals surface area contributed by atoms with Crippen LogP contribution in [0.25, 0.3) is 0 Å². The molecule has 3 rings (SSSR count). The molecular formula is C18H18F2N2O2S. The average Bonchev–Trinajstić information content (AvgIpc) is 2.99. The number of ether oxygens (including phenoxy) is 1. The van der Waals surface area contributed by atoms with E-state index in [1.165, 1.54) is 34.1 Å². The molecule has 1 atom stereocenters. The number of benzene rings is 1. The minimum Gasteiger partial charge on any atom is -0.434 e. The molecule has 0 fully saturated rings. The number of halogens is 2. The van der Waals surface area contributed by atoms with E-state index < -0.39 is 6.61 Å². The van der Waals surface area contributed by atoms with Crippen molar-refractivity contribution in [3.63, 3.8) is 0 Å². The van der Waals surface area contributed by atoms with E-state index in [1.807, 2.05) is 6.07 Å². The topological polar surface area (TPSA) is 50.7 Å². The third-order valence-electron chi connectivity index (χ3n) is 4.06. The number of carbonyl (C=O) groups excluding carboxylic acids is 1. The monoisotopic (exact) mass is 364 g/mol. The van der Waals surface area contributed by atoms with Crippen molar-refractivity contribution >= 4 is 23.5 Å². The number of amides is 1. The Morgan fingerprint density at radius 3 is 3.04 bits per heavy atom. The van der Waals surface area contributed by atoms with Gasteiger partial charge in [-0.2, -0.15) is 13.9 Å². The van der Waals surface area contributed by atoms with Gasteiger partial charge in [0.2, 0.25) is 0 Å². The highest BCUT2D eigenvalue weighted by molar-refractivity contribution is 7.14. The molecule has 1 N–H and O–H groups in total. The summed E-state index contributed by atoms with van der Waals surface area (Å²) >= 11 is 1.49. The second-order valence-electron chi connectivity index (χ2n) is 6.02. The number of nitrogens with zero attached hydrogens (tertiary/aromatic N) is 1. The first-order valence-corrected chi connectivity index (χ1v) is 8.83. The van der Waals surface area contributed by atoms with Gasteiger partial charge >= 0.3 is 6.61 Å². The highest BCUT2D eigenvalue weighted by Crippen LogP contribution is 2.32. The van der Waals surface area contributed by atoms with E-state index in [0.29, 0.717) is 16.4 Å². The minimum atomic E-state index is -2.91. The highest BCUT2D eigenvalue weighted by atomic mass is 32.1. The number of para-hydroxylation sites is 1. The number of rotatable bonds is 5. The Balaban J connectivity index is 1.66. The second kappa shape index (κ2) is 7.74. The normalized spacial score (nSPS) is 16.9. The number of hydrogen-bond acceptors (Lipinski definition) is 4. The lowest BCUT2D eigenvalue weighted by atomic mass is 9.90. The molecule has 0 bridgehead atoms. The van der Waals surface area contributed by atoms with Crippen molar-refractivity contribution in [1.82, 2.24) is 5.43 Å². The number of thiophene rings is 1. The first-order valence-electron chi connectivity index (χ1n) is 8.01. The van der Waals surface area contributed by atoms with Crippen LogP contribution in [-0.4, -0.2) is 18.7 Å². The number of carbonyl (C=O) groups is 1. The van der Waals surface area contributed by atoms with Gasteiger partial charge in [-0.05, 0) is 48.9 Å². The largest absolute Gasteiger partial charge is 0.434 e. The van der Waals surface area contributed by atoms with Crippen LogP contribution in [0.2, 0.25) is 0 Å². The summed E-state index contributed by atoms with van der Waals surface area (Å²) in [4.78, 5) is 14.1. The predicted molar refractivity (Wildman–Crippen MR) is 93.6 cm³/mol. The summed E-state index contributed by atoms with van der Waals surface area (Å²) in [6.45, 7) is -0.701. The van der Waals surface area contributed by atoms with Gasteiger partial charge in [0.05, 0.1) is 11.1 Å². The number of nitrogens with one attached hydrogen (secondary N) is 1. The molecule has 132 valence electrons. The van der Waals surface area contributed by atoms with Gasteiger partial charge in [-0.1, -0.05) is 19.1 Å². The molecule has 0 unspecified atom stereocenters. The highest BCUT2D eigenvalue weighted by Gasteiger charge is 2.20. The van der Waals surface area contributed by atoms with Crippen molar-refractivity contribution in [2.75, 3.05) is 0 Å². The van der Waals surface area contributed by atoms with Crippen molar-refractivity contribution in [1.29, 1.82) is 0 Å². The number of fused-ring (bicyclic) bond motifs is 1.